The van der Waals surface area contributed by atoms with E-state index in [0.717, 1.165) is 5.56 Å². The number of ether oxygens (including phenoxy) is 1. The fraction of sp³-hybridized carbons (Fsp3) is 0.115. The molecule has 0 bridgehead atoms. The number of pyridine rings is 1. The van der Waals surface area contributed by atoms with E-state index in [9.17, 15) is 14.4 Å². The van der Waals surface area contributed by atoms with E-state index < -0.39 is 11.5 Å². The maximum atomic E-state index is 13.3. The van der Waals surface area contributed by atoms with Gasteiger partial charge in [-0.1, -0.05) is 29.8 Å². The topological polar surface area (TPSA) is 127 Å². The van der Waals surface area contributed by atoms with Gasteiger partial charge in [-0.15, -0.1) is 0 Å². The van der Waals surface area contributed by atoms with Crippen molar-refractivity contribution in [1.29, 1.82) is 0 Å². The van der Waals surface area contributed by atoms with Crippen LogP contribution in [0.25, 0.3) is 0 Å². The predicted octanol–water partition coefficient (Wildman–Crippen LogP) is 4.56. The molecule has 0 aliphatic heterocycles. The van der Waals surface area contributed by atoms with Crippen LogP contribution in [0.5, 0.6) is 11.6 Å². The Bertz CT molecular complexity index is 1500. The van der Waals surface area contributed by atoms with E-state index >= 15 is 0 Å². The van der Waals surface area contributed by atoms with Crippen molar-refractivity contribution in [3.63, 3.8) is 0 Å². The van der Waals surface area contributed by atoms with Crippen LogP contribution in [0, 0.1) is 0 Å². The van der Waals surface area contributed by atoms with Crippen molar-refractivity contribution in [1.82, 2.24) is 14.5 Å². The van der Waals surface area contributed by atoms with Crippen LogP contribution in [-0.4, -0.2) is 38.6 Å². The largest absolute Gasteiger partial charge is 0.477 e. The van der Waals surface area contributed by atoms with Gasteiger partial charge in [-0.2, -0.15) is 0 Å². The highest BCUT2D eigenvalue weighted by atomic mass is 35.5. The monoisotopic (exact) mass is 519 g/mol. The van der Waals surface area contributed by atoms with Gasteiger partial charge in [-0.05, 0) is 48.0 Å². The summed E-state index contributed by atoms with van der Waals surface area (Å²) in [6.07, 6.45) is 1.35. The van der Waals surface area contributed by atoms with Gasteiger partial charge in [0.25, 0.3) is 5.56 Å². The minimum atomic E-state index is -1.15. The van der Waals surface area contributed by atoms with Crippen LogP contribution in [0.4, 0.5) is 17.3 Å². The first-order valence-electron chi connectivity index (χ1n) is 11.0. The summed E-state index contributed by atoms with van der Waals surface area (Å²) in [5.74, 6) is -0.598. The van der Waals surface area contributed by atoms with Gasteiger partial charge in [-0.3, -0.25) is 14.2 Å². The van der Waals surface area contributed by atoms with E-state index in [1.807, 2.05) is 0 Å². The number of anilines is 3. The Kier molecular flexibility index (Phi) is 7.49. The number of carbonyl (C=O) groups excluding carboxylic acids is 1. The number of hydrogen-bond acceptors (Lipinski definition) is 7. The molecule has 0 spiro atoms. The summed E-state index contributed by atoms with van der Waals surface area (Å²) in [7, 11) is 1.51. The number of halogens is 1. The zero-order valence-corrected chi connectivity index (χ0v) is 20.6. The van der Waals surface area contributed by atoms with Gasteiger partial charge >= 0.3 is 5.97 Å². The molecule has 0 saturated heterocycles. The standard InChI is InChI=1S/C26H22ClN5O5/c1-16(33)31(2)22-14-28-26(32(24(22)34)15-17-6-8-18(27)9-7-17)29-19-10-12-20(13-11-19)37-23-5-3-4-21(30-23)25(35)36/h3-14H,15H2,1-2H3,(H,28,29)(H,35,36). The second-order valence-electron chi connectivity index (χ2n) is 7.98. The number of aromatic carboxylic acids is 1. The van der Waals surface area contributed by atoms with Gasteiger partial charge in [0, 0.05) is 30.7 Å². The molecule has 0 atom stereocenters. The molecule has 10 nitrogen and oxygen atoms in total. The van der Waals surface area contributed by atoms with Gasteiger partial charge < -0.3 is 20.1 Å². The normalized spacial score (nSPS) is 10.6. The van der Waals surface area contributed by atoms with Crippen LogP contribution < -0.4 is 20.5 Å². The van der Waals surface area contributed by atoms with Crippen LogP contribution in [0.3, 0.4) is 0 Å². The number of amides is 1. The van der Waals surface area contributed by atoms with Gasteiger partial charge in [0.15, 0.2) is 5.69 Å². The van der Waals surface area contributed by atoms with Crippen LogP contribution in [0.1, 0.15) is 23.0 Å². The molecule has 11 heteroatoms. The fourth-order valence-corrected chi connectivity index (χ4v) is 3.47. The highest BCUT2D eigenvalue weighted by molar-refractivity contribution is 6.30. The van der Waals surface area contributed by atoms with E-state index in [1.54, 1.807) is 60.7 Å². The molecule has 2 aromatic heterocycles. The van der Waals surface area contributed by atoms with Crippen molar-refractivity contribution in [2.45, 2.75) is 13.5 Å². The Labute approximate surface area is 216 Å². The highest BCUT2D eigenvalue weighted by Gasteiger charge is 2.17. The molecule has 4 rings (SSSR count). The first-order chi connectivity index (χ1) is 17.7. The van der Waals surface area contributed by atoms with E-state index in [1.165, 1.54) is 35.7 Å². The second-order valence-corrected chi connectivity index (χ2v) is 8.42. The van der Waals surface area contributed by atoms with Crippen molar-refractivity contribution < 1.29 is 19.4 Å². The lowest BCUT2D eigenvalue weighted by molar-refractivity contribution is -0.116. The Morgan fingerprint density at radius 1 is 1.08 bits per heavy atom. The van der Waals surface area contributed by atoms with Gasteiger partial charge in [0.2, 0.25) is 17.7 Å². The molecule has 0 fully saturated rings. The van der Waals surface area contributed by atoms with Crippen LogP contribution in [0.2, 0.25) is 5.02 Å². The van der Waals surface area contributed by atoms with Gasteiger partial charge in [0.05, 0.1) is 12.7 Å². The molecular weight excluding hydrogens is 498 g/mol. The summed E-state index contributed by atoms with van der Waals surface area (Å²) in [6.45, 7) is 1.56. The average Bonchev–Trinajstić information content (AvgIpc) is 2.88. The number of carboxylic acids is 1. The number of hydrogen-bond donors (Lipinski definition) is 2. The zero-order valence-electron chi connectivity index (χ0n) is 19.9. The maximum absolute atomic E-state index is 13.3. The molecule has 2 aromatic carbocycles. The number of carboxylic acid groups (broad SMARTS) is 1. The maximum Gasteiger partial charge on any atom is 0.354 e. The molecule has 2 N–H and O–H groups in total. The van der Waals surface area contributed by atoms with Gasteiger partial charge in [-0.25, -0.2) is 14.8 Å². The molecule has 0 aliphatic carbocycles. The van der Waals surface area contributed by atoms with Crippen molar-refractivity contribution in [3.05, 3.63) is 99.6 Å². The quantitative estimate of drug-likeness (QED) is 0.347. The van der Waals surface area contributed by atoms with Crippen molar-refractivity contribution in [3.8, 4) is 11.6 Å². The highest BCUT2D eigenvalue weighted by Crippen LogP contribution is 2.24. The number of nitrogens with zero attached hydrogens (tertiary/aromatic N) is 4. The predicted molar refractivity (Wildman–Crippen MR) is 139 cm³/mol. The van der Waals surface area contributed by atoms with Crippen molar-refractivity contribution in [2.24, 2.45) is 0 Å². The molecule has 188 valence electrons. The summed E-state index contributed by atoms with van der Waals surface area (Å²) >= 11 is 5.99. The van der Waals surface area contributed by atoms with Crippen molar-refractivity contribution in [2.75, 3.05) is 17.3 Å². The summed E-state index contributed by atoms with van der Waals surface area (Å²) in [5, 5.41) is 12.8. The average molecular weight is 520 g/mol. The summed E-state index contributed by atoms with van der Waals surface area (Å²) in [6, 6.07) is 18.3. The minimum absolute atomic E-state index is 0.126. The lowest BCUT2D eigenvalue weighted by atomic mass is 10.2. The Morgan fingerprint density at radius 2 is 1.78 bits per heavy atom. The first-order valence-corrected chi connectivity index (χ1v) is 11.4. The van der Waals surface area contributed by atoms with Crippen LogP contribution in [0.15, 0.2) is 77.7 Å². The third-order valence-corrected chi connectivity index (χ3v) is 5.64. The van der Waals surface area contributed by atoms with Crippen LogP contribution in [-0.2, 0) is 11.3 Å². The summed E-state index contributed by atoms with van der Waals surface area (Å²) in [4.78, 5) is 45.9. The molecule has 0 unspecified atom stereocenters. The van der Waals surface area contributed by atoms with E-state index in [0.29, 0.717) is 16.5 Å². The Morgan fingerprint density at radius 3 is 2.43 bits per heavy atom. The zero-order chi connectivity index (χ0) is 26.5. The smallest absolute Gasteiger partial charge is 0.354 e. The Balaban J connectivity index is 1.61. The minimum Gasteiger partial charge on any atom is -0.477 e. The number of nitrogens with one attached hydrogen (secondary N) is 1. The summed E-state index contributed by atoms with van der Waals surface area (Å²) in [5.41, 5.74) is 1.06. The molecule has 2 heterocycles. The Hall–Kier alpha value is -4.70. The number of carbonyl (C=O) groups is 2. The van der Waals surface area contributed by atoms with E-state index in [4.69, 9.17) is 21.4 Å². The fourth-order valence-electron chi connectivity index (χ4n) is 3.35. The second kappa shape index (κ2) is 10.9. The molecule has 0 saturated carbocycles. The SMILES string of the molecule is CC(=O)N(C)c1cnc(Nc2ccc(Oc3cccc(C(=O)O)n3)cc2)n(Cc2ccc(Cl)cc2)c1=O. The van der Waals surface area contributed by atoms with Crippen LogP contribution >= 0.6 is 11.6 Å². The molecule has 0 radical (unpaired) electrons. The molecule has 0 aliphatic rings. The first kappa shape index (κ1) is 25.4. The molecule has 4 aromatic rings. The third-order valence-electron chi connectivity index (χ3n) is 5.39. The van der Waals surface area contributed by atoms with Gasteiger partial charge in [0.1, 0.15) is 11.4 Å². The summed E-state index contributed by atoms with van der Waals surface area (Å²) < 4.78 is 7.08. The molecular formula is C26H22ClN5O5. The molecule has 37 heavy (non-hydrogen) atoms. The lowest BCUT2D eigenvalue weighted by Crippen LogP contribution is -2.34. The number of rotatable bonds is 8. The number of benzene rings is 2. The number of aromatic nitrogens is 3. The van der Waals surface area contributed by atoms with E-state index in [-0.39, 0.29) is 35.7 Å². The molecule has 1 amide bonds. The van der Waals surface area contributed by atoms with E-state index in [2.05, 4.69) is 15.3 Å². The van der Waals surface area contributed by atoms with Crippen molar-refractivity contribution >= 4 is 40.8 Å². The lowest BCUT2D eigenvalue weighted by Gasteiger charge is -2.19. The third kappa shape index (κ3) is 6.11.